The van der Waals surface area contributed by atoms with Crippen molar-refractivity contribution in [2.24, 2.45) is 0 Å². The highest BCUT2D eigenvalue weighted by Crippen LogP contribution is 2.12. The van der Waals surface area contributed by atoms with E-state index in [1.54, 1.807) is 24.3 Å². The molecule has 0 bridgehead atoms. The van der Waals surface area contributed by atoms with Crippen LogP contribution in [0.3, 0.4) is 0 Å². The van der Waals surface area contributed by atoms with Gasteiger partial charge in [-0.25, -0.2) is 0 Å². The van der Waals surface area contributed by atoms with Gasteiger partial charge < -0.3 is 5.32 Å². The van der Waals surface area contributed by atoms with Crippen LogP contribution in [-0.4, -0.2) is 19.5 Å². The Morgan fingerprint density at radius 1 is 1.05 bits per heavy atom. The Bertz CT molecular complexity index is 761. The first-order valence-electron chi connectivity index (χ1n) is 6.79. The summed E-state index contributed by atoms with van der Waals surface area (Å²) < 4.78 is 30.8. The van der Waals surface area contributed by atoms with Gasteiger partial charge in [-0.15, -0.1) is 0 Å². The topological polar surface area (TPSA) is 90.2 Å². The minimum atomic E-state index is -4.12. The van der Waals surface area contributed by atoms with E-state index in [2.05, 4.69) is 11.4 Å². The lowest BCUT2D eigenvalue weighted by Gasteiger charge is -2.07. The molecule has 0 unspecified atom stereocenters. The van der Waals surface area contributed by atoms with Crippen LogP contribution in [0.1, 0.15) is 17.5 Å². The first kappa shape index (κ1) is 16.0. The third kappa shape index (κ3) is 4.58. The van der Waals surface area contributed by atoms with Gasteiger partial charge in [0.25, 0.3) is 10.1 Å². The molecule has 0 fully saturated rings. The highest BCUT2D eigenvalue weighted by Gasteiger charge is 2.08. The van der Waals surface area contributed by atoms with Gasteiger partial charge in [-0.1, -0.05) is 12.1 Å². The summed E-state index contributed by atoms with van der Waals surface area (Å²) in [6.45, 7) is 0.770. The van der Waals surface area contributed by atoms with Crippen molar-refractivity contribution < 1.29 is 13.0 Å². The van der Waals surface area contributed by atoms with Crippen molar-refractivity contribution in [1.82, 2.24) is 0 Å². The predicted molar refractivity (Wildman–Crippen MR) is 84.2 cm³/mol. The maximum Gasteiger partial charge on any atom is 0.294 e. The summed E-state index contributed by atoms with van der Waals surface area (Å²) in [6.07, 6.45) is 1.68. The number of aryl methyl sites for hydroxylation is 1. The van der Waals surface area contributed by atoms with Crippen molar-refractivity contribution in [3.8, 4) is 6.07 Å². The number of nitrogens with one attached hydrogen (secondary N) is 1. The van der Waals surface area contributed by atoms with Gasteiger partial charge in [0.15, 0.2) is 0 Å². The minimum absolute atomic E-state index is 0.0908. The molecule has 2 aromatic carbocycles. The van der Waals surface area contributed by atoms with E-state index in [-0.39, 0.29) is 4.90 Å². The van der Waals surface area contributed by atoms with E-state index in [0.717, 1.165) is 30.6 Å². The van der Waals surface area contributed by atoms with Gasteiger partial charge in [0.05, 0.1) is 16.5 Å². The molecule has 2 rings (SSSR count). The molecule has 5 nitrogen and oxygen atoms in total. The van der Waals surface area contributed by atoms with E-state index in [1.165, 1.54) is 12.1 Å². The molecule has 0 aromatic heterocycles. The number of hydrogen-bond donors (Lipinski definition) is 2. The van der Waals surface area contributed by atoms with Gasteiger partial charge in [-0.3, -0.25) is 4.55 Å². The summed E-state index contributed by atoms with van der Waals surface area (Å²) in [5, 5.41) is 12.0. The number of rotatable bonds is 6. The highest BCUT2D eigenvalue weighted by atomic mass is 32.2. The van der Waals surface area contributed by atoms with E-state index in [4.69, 9.17) is 9.81 Å². The quantitative estimate of drug-likeness (QED) is 0.632. The van der Waals surface area contributed by atoms with Gasteiger partial charge in [0.1, 0.15) is 0 Å². The van der Waals surface area contributed by atoms with Crippen molar-refractivity contribution in [3.63, 3.8) is 0 Å². The van der Waals surface area contributed by atoms with Gasteiger partial charge >= 0.3 is 0 Å². The Hall–Kier alpha value is -2.36. The van der Waals surface area contributed by atoms with Crippen LogP contribution in [0.5, 0.6) is 0 Å². The fourth-order valence-corrected chi connectivity index (χ4v) is 2.50. The molecule has 0 heterocycles. The number of nitrogens with zero attached hydrogens (tertiary/aromatic N) is 1. The smallest absolute Gasteiger partial charge is 0.294 e. The number of hydrogen-bond acceptors (Lipinski definition) is 4. The molecule has 0 radical (unpaired) electrons. The number of nitriles is 1. The predicted octanol–water partition coefficient (Wildman–Crippen LogP) is 2.85. The molecule has 2 N–H and O–H groups in total. The van der Waals surface area contributed by atoms with Crippen LogP contribution < -0.4 is 5.32 Å². The zero-order valence-electron chi connectivity index (χ0n) is 11.9. The van der Waals surface area contributed by atoms with Gasteiger partial charge in [-0.05, 0) is 54.8 Å². The van der Waals surface area contributed by atoms with Crippen LogP contribution in [-0.2, 0) is 16.5 Å². The lowest BCUT2D eigenvalue weighted by atomic mass is 10.1. The second kappa shape index (κ2) is 7.07. The maximum atomic E-state index is 10.9. The summed E-state index contributed by atoms with van der Waals surface area (Å²) in [4.78, 5) is -0.0908. The molecule has 0 saturated heterocycles. The SMILES string of the molecule is N#Cc1ccc(NCCCc2ccc(S(=O)(=O)O)cc2)cc1. The van der Waals surface area contributed by atoms with Crippen molar-refractivity contribution >= 4 is 15.8 Å². The van der Waals surface area contributed by atoms with E-state index in [9.17, 15) is 8.42 Å². The molecule has 2 aromatic rings. The van der Waals surface area contributed by atoms with Gasteiger partial charge in [0, 0.05) is 12.2 Å². The zero-order chi connectivity index (χ0) is 16.0. The molecular formula is C16H16N2O3S. The van der Waals surface area contributed by atoms with Crippen LogP contribution in [0.15, 0.2) is 53.4 Å². The van der Waals surface area contributed by atoms with Crippen LogP contribution in [0.4, 0.5) is 5.69 Å². The fourth-order valence-electron chi connectivity index (χ4n) is 2.02. The van der Waals surface area contributed by atoms with Crippen molar-refractivity contribution in [2.75, 3.05) is 11.9 Å². The van der Waals surface area contributed by atoms with Crippen LogP contribution in [0, 0.1) is 11.3 Å². The Morgan fingerprint density at radius 2 is 1.68 bits per heavy atom. The first-order chi connectivity index (χ1) is 10.5. The molecule has 0 aliphatic rings. The highest BCUT2D eigenvalue weighted by molar-refractivity contribution is 7.85. The largest absolute Gasteiger partial charge is 0.385 e. The Kier molecular flexibility index (Phi) is 5.15. The second-order valence-electron chi connectivity index (χ2n) is 4.84. The second-order valence-corrected chi connectivity index (χ2v) is 6.26. The summed E-state index contributed by atoms with van der Waals surface area (Å²) in [5.74, 6) is 0. The van der Waals surface area contributed by atoms with Gasteiger partial charge in [-0.2, -0.15) is 13.7 Å². The van der Waals surface area contributed by atoms with Crippen LogP contribution in [0.2, 0.25) is 0 Å². The number of benzene rings is 2. The number of anilines is 1. The molecule has 0 saturated carbocycles. The minimum Gasteiger partial charge on any atom is -0.385 e. The molecule has 114 valence electrons. The van der Waals surface area contributed by atoms with E-state index in [1.807, 2.05) is 12.1 Å². The lowest BCUT2D eigenvalue weighted by Crippen LogP contribution is -2.03. The Morgan fingerprint density at radius 3 is 2.23 bits per heavy atom. The zero-order valence-corrected chi connectivity index (χ0v) is 12.7. The standard InChI is InChI=1S/C16H16N2O3S/c17-12-14-3-7-15(8-4-14)18-11-1-2-13-5-9-16(10-6-13)22(19,20)21/h3-10,18H,1-2,11H2,(H,19,20,21). The molecule has 22 heavy (non-hydrogen) atoms. The normalized spacial score (nSPS) is 10.9. The molecule has 6 heteroatoms. The molecular weight excluding hydrogens is 300 g/mol. The first-order valence-corrected chi connectivity index (χ1v) is 8.23. The average Bonchev–Trinajstić information content (AvgIpc) is 2.52. The maximum absolute atomic E-state index is 10.9. The van der Waals surface area contributed by atoms with E-state index < -0.39 is 10.1 Å². The van der Waals surface area contributed by atoms with Crippen molar-refractivity contribution in [2.45, 2.75) is 17.7 Å². The summed E-state index contributed by atoms with van der Waals surface area (Å²) >= 11 is 0. The third-order valence-corrected chi connectivity index (χ3v) is 4.07. The van der Waals surface area contributed by atoms with E-state index >= 15 is 0 Å². The summed E-state index contributed by atoms with van der Waals surface area (Å²) in [7, 11) is -4.12. The molecule has 0 aliphatic carbocycles. The Balaban J connectivity index is 1.80. The van der Waals surface area contributed by atoms with Crippen molar-refractivity contribution in [3.05, 3.63) is 59.7 Å². The van der Waals surface area contributed by atoms with E-state index in [0.29, 0.717) is 5.56 Å². The fraction of sp³-hybridized carbons (Fsp3) is 0.188. The third-order valence-electron chi connectivity index (χ3n) is 3.21. The Labute approximate surface area is 130 Å². The van der Waals surface area contributed by atoms with Crippen LogP contribution >= 0.6 is 0 Å². The summed E-state index contributed by atoms with van der Waals surface area (Å²) in [5.41, 5.74) is 2.60. The lowest BCUT2D eigenvalue weighted by molar-refractivity contribution is 0.483. The molecule has 0 spiro atoms. The molecule has 0 atom stereocenters. The molecule has 0 aliphatic heterocycles. The monoisotopic (exact) mass is 316 g/mol. The average molecular weight is 316 g/mol. The van der Waals surface area contributed by atoms with Gasteiger partial charge in [0.2, 0.25) is 0 Å². The van der Waals surface area contributed by atoms with Crippen molar-refractivity contribution in [1.29, 1.82) is 5.26 Å². The summed E-state index contributed by atoms with van der Waals surface area (Å²) in [6, 6.07) is 15.5. The van der Waals surface area contributed by atoms with Crippen LogP contribution in [0.25, 0.3) is 0 Å². The molecule has 0 amide bonds.